The SMILES string of the molecule is COc1cc(NC(=O)Cn2c3ccccc3n3c(=O)cc(-c4cccnc4)nc23)cc(OC)c1. The lowest BCUT2D eigenvalue weighted by Gasteiger charge is -2.11. The summed E-state index contributed by atoms with van der Waals surface area (Å²) < 4.78 is 13.8. The number of nitrogens with zero attached hydrogens (tertiary/aromatic N) is 4. The van der Waals surface area contributed by atoms with Gasteiger partial charge in [-0.1, -0.05) is 12.1 Å². The molecule has 0 fully saturated rings. The number of hydrogen-bond donors (Lipinski definition) is 1. The predicted molar refractivity (Wildman–Crippen MR) is 128 cm³/mol. The minimum absolute atomic E-state index is 0.0561. The second kappa shape index (κ2) is 8.70. The predicted octanol–water partition coefficient (Wildman–Crippen LogP) is 3.37. The highest BCUT2D eigenvalue weighted by molar-refractivity contribution is 5.93. The molecule has 0 aliphatic rings. The monoisotopic (exact) mass is 455 g/mol. The zero-order valence-corrected chi connectivity index (χ0v) is 18.6. The molecule has 0 bridgehead atoms. The van der Waals surface area contributed by atoms with Crippen LogP contribution in [0.1, 0.15) is 0 Å². The number of nitrogens with one attached hydrogen (secondary N) is 1. The Kier molecular flexibility index (Phi) is 5.43. The van der Waals surface area contributed by atoms with Crippen molar-refractivity contribution in [3.63, 3.8) is 0 Å². The van der Waals surface area contributed by atoms with Gasteiger partial charge in [0.15, 0.2) is 0 Å². The zero-order valence-electron chi connectivity index (χ0n) is 18.6. The number of carbonyl (C=O) groups excluding carboxylic acids is 1. The molecular formula is C25H21N5O4. The van der Waals surface area contributed by atoms with E-state index in [1.807, 2.05) is 30.3 Å². The molecule has 0 spiro atoms. The second-order valence-electron chi connectivity index (χ2n) is 7.58. The van der Waals surface area contributed by atoms with Gasteiger partial charge in [0.1, 0.15) is 18.0 Å². The third-order valence-electron chi connectivity index (χ3n) is 5.45. The highest BCUT2D eigenvalue weighted by Gasteiger charge is 2.17. The molecule has 170 valence electrons. The van der Waals surface area contributed by atoms with Gasteiger partial charge in [-0.2, -0.15) is 0 Å². The Labute approximate surface area is 194 Å². The van der Waals surface area contributed by atoms with E-state index in [0.717, 1.165) is 0 Å². The van der Waals surface area contributed by atoms with Crippen molar-refractivity contribution in [2.24, 2.45) is 0 Å². The van der Waals surface area contributed by atoms with Crippen LogP contribution in [-0.4, -0.2) is 39.1 Å². The van der Waals surface area contributed by atoms with Crippen molar-refractivity contribution < 1.29 is 14.3 Å². The highest BCUT2D eigenvalue weighted by Crippen LogP contribution is 2.26. The van der Waals surface area contributed by atoms with Gasteiger partial charge in [0, 0.05) is 47.9 Å². The van der Waals surface area contributed by atoms with Crippen molar-refractivity contribution in [1.29, 1.82) is 0 Å². The first-order valence-electron chi connectivity index (χ1n) is 10.5. The Bertz CT molecular complexity index is 1550. The van der Waals surface area contributed by atoms with E-state index in [1.54, 1.807) is 55.4 Å². The minimum atomic E-state index is -0.292. The van der Waals surface area contributed by atoms with Crippen LogP contribution in [0.15, 0.2) is 77.9 Å². The van der Waals surface area contributed by atoms with Crippen LogP contribution in [0, 0.1) is 0 Å². The van der Waals surface area contributed by atoms with E-state index in [-0.39, 0.29) is 18.0 Å². The number of amides is 1. The fourth-order valence-electron chi connectivity index (χ4n) is 3.91. The van der Waals surface area contributed by atoms with Crippen LogP contribution in [-0.2, 0) is 11.3 Å². The molecule has 0 aliphatic heterocycles. The first-order chi connectivity index (χ1) is 16.6. The molecule has 3 heterocycles. The lowest BCUT2D eigenvalue weighted by Crippen LogP contribution is -2.20. The maximum atomic E-state index is 13.1. The molecule has 1 N–H and O–H groups in total. The standard InChI is InChI=1S/C25H21N5O4/c1-33-18-10-17(11-19(12-18)34-2)27-23(31)15-29-21-7-3-4-8-22(21)30-24(32)13-20(28-25(29)30)16-6-5-9-26-14-16/h3-14H,15H2,1-2H3,(H,27,31). The lowest BCUT2D eigenvalue weighted by atomic mass is 10.2. The van der Waals surface area contributed by atoms with Crippen molar-refractivity contribution in [3.05, 3.63) is 83.4 Å². The number of fused-ring (bicyclic) bond motifs is 3. The van der Waals surface area contributed by atoms with E-state index in [0.29, 0.717) is 45.3 Å². The van der Waals surface area contributed by atoms with Gasteiger partial charge in [0.05, 0.1) is 30.9 Å². The molecule has 0 radical (unpaired) electrons. The summed E-state index contributed by atoms with van der Waals surface area (Å²) in [6, 6.07) is 17.6. The van der Waals surface area contributed by atoms with E-state index in [2.05, 4.69) is 10.3 Å². The van der Waals surface area contributed by atoms with Crippen molar-refractivity contribution in [2.45, 2.75) is 6.54 Å². The fraction of sp³-hybridized carbons (Fsp3) is 0.120. The molecule has 3 aromatic heterocycles. The summed E-state index contributed by atoms with van der Waals surface area (Å²) in [5, 5.41) is 2.88. The van der Waals surface area contributed by atoms with E-state index in [4.69, 9.17) is 14.5 Å². The van der Waals surface area contributed by atoms with Crippen molar-refractivity contribution in [2.75, 3.05) is 19.5 Å². The molecule has 34 heavy (non-hydrogen) atoms. The summed E-state index contributed by atoms with van der Waals surface area (Å²) in [7, 11) is 3.09. The molecule has 1 amide bonds. The lowest BCUT2D eigenvalue weighted by molar-refractivity contribution is -0.116. The van der Waals surface area contributed by atoms with Gasteiger partial charge < -0.3 is 19.4 Å². The number of anilines is 1. The fourth-order valence-corrected chi connectivity index (χ4v) is 3.91. The van der Waals surface area contributed by atoms with Crippen LogP contribution >= 0.6 is 0 Å². The summed E-state index contributed by atoms with van der Waals surface area (Å²) >= 11 is 0. The van der Waals surface area contributed by atoms with Crippen LogP contribution in [0.4, 0.5) is 5.69 Å². The van der Waals surface area contributed by atoms with Crippen molar-refractivity contribution >= 4 is 28.4 Å². The number of aromatic nitrogens is 4. The van der Waals surface area contributed by atoms with Crippen molar-refractivity contribution in [1.82, 2.24) is 18.9 Å². The van der Waals surface area contributed by atoms with Gasteiger partial charge in [-0.3, -0.25) is 14.6 Å². The molecule has 9 heteroatoms. The summed E-state index contributed by atoms with van der Waals surface area (Å²) in [5.74, 6) is 1.19. The Balaban J connectivity index is 1.59. The Morgan fingerprint density at radius 2 is 1.71 bits per heavy atom. The van der Waals surface area contributed by atoms with E-state index in [1.165, 1.54) is 10.5 Å². The van der Waals surface area contributed by atoms with E-state index in [9.17, 15) is 9.59 Å². The number of methoxy groups -OCH3 is 2. The number of pyridine rings is 1. The molecule has 0 unspecified atom stereocenters. The Morgan fingerprint density at radius 3 is 2.38 bits per heavy atom. The molecule has 9 nitrogen and oxygen atoms in total. The Morgan fingerprint density at radius 1 is 0.971 bits per heavy atom. The first-order valence-corrected chi connectivity index (χ1v) is 10.5. The zero-order chi connectivity index (χ0) is 23.7. The number of para-hydroxylation sites is 2. The van der Waals surface area contributed by atoms with Gasteiger partial charge in [0.2, 0.25) is 11.7 Å². The largest absolute Gasteiger partial charge is 0.497 e. The molecule has 0 aliphatic carbocycles. The molecule has 0 saturated carbocycles. The van der Waals surface area contributed by atoms with Gasteiger partial charge in [0.25, 0.3) is 5.56 Å². The maximum Gasteiger partial charge on any atom is 0.260 e. The van der Waals surface area contributed by atoms with Crippen LogP contribution < -0.4 is 20.3 Å². The van der Waals surface area contributed by atoms with Gasteiger partial charge in [-0.25, -0.2) is 9.38 Å². The molecule has 5 rings (SSSR count). The molecule has 0 atom stereocenters. The van der Waals surface area contributed by atoms with E-state index < -0.39 is 0 Å². The van der Waals surface area contributed by atoms with Crippen LogP contribution in [0.25, 0.3) is 28.1 Å². The highest BCUT2D eigenvalue weighted by atomic mass is 16.5. The first kappa shape index (κ1) is 21.2. The van der Waals surface area contributed by atoms with Crippen LogP contribution in [0.3, 0.4) is 0 Å². The van der Waals surface area contributed by atoms with Gasteiger partial charge in [-0.15, -0.1) is 0 Å². The topological polar surface area (TPSA) is 99.8 Å². The quantitative estimate of drug-likeness (QED) is 0.421. The number of imidazole rings is 1. The average molecular weight is 455 g/mol. The Hall–Kier alpha value is -4.66. The molecule has 0 saturated heterocycles. The van der Waals surface area contributed by atoms with E-state index >= 15 is 0 Å². The normalized spacial score (nSPS) is 11.0. The van der Waals surface area contributed by atoms with Gasteiger partial charge >= 0.3 is 0 Å². The summed E-state index contributed by atoms with van der Waals surface area (Å²) in [6.07, 6.45) is 3.30. The molecule has 2 aromatic carbocycles. The summed E-state index contributed by atoms with van der Waals surface area (Å²) in [4.78, 5) is 35.0. The average Bonchev–Trinajstić information content (AvgIpc) is 3.18. The van der Waals surface area contributed by atoms with Crippen molar-refractivity contribution in [3.8, 4) is 22.8 Å². The number of hydrogen-bond acceptors (Lipinski definition) is 6. The maximum absolute atomic E-state index is 13.1. The third kappa shape index (κ3) is 3.83. The number of ether oxygens (including phenoxy) is 2. The van der Waals surface area contributed by atoms with Crippen LogP contribution in [0.2, 0.25) is 0 Å². The minimum Gasteiger partial charge on any atom is -0.497 e. The summed E-state index contributed by atoms with van der Waals surface area (Å²) in [5.41, 5.74) is 2.88. The van der Waals surface area contributed by atoms with Gasteiger partial charge in [-0.05, 0) is 24.3 Å². The summed E-state index contributed by atoms with van der Waals surface area (Å²) in [6.45, 7) is -0.0561. The molecule has 5 aromatic rings. The molecular weight excluding hydrogens is 434 g/mol. The van der Waals surface area contributed by atoms with Crippen LogP contribution in [0.5, 0.6) is 11.5 Å². The number of carbonyl (C=O) groups is 1. The number of rotatable bonds is 6. The smallest absolute Gasteiger partial charge is 0.260 e. The third-order valence-corrected chi connectivity index (χ3v) is 5.45. The number of benzene rings is 2. The second-order valence-corrected chi connectivity index (χ2v) is 7.58.